The van der Waals surface area contributed by atoms with Gasteiger partial charge < -0.3 is 15.4 Å². The zero-order valence-electron chi connectivity index (χ0n) is 9.47. The number of nitrogens with two attached hydrogens (primary N) is 1. The van der Waals surface area contributed by atoms with Gasteiger partial charge in [0.2, 0.25) is 5.95 Å². The number of nitrogens with zero attached hydrogens (tertiary/aromatic N) is 3. The fourth-order valence-electron chi connectivity index (χ4n) is 1.07. The van der Waals surface area contributed by atoms with E-state index in [-0.39, 0.29) is 6.10 Å². The van der Waals surface area contributed by atoms with E-state index in [0.717, 1.165) is 6.54 Å². The summed E-state index contributed by atoms with van der Waals surface area (Å²) < 4.78 is 5.44. The molecule has 0 aliphatic carbocycles. The van der Waals surface area contributed by atoms with Crippen molar-refractivity contribution >= 4 is 11.8 Å². The molecule has 0 amide bonds. The van der Waals surface area contributed by atoms with Gasteiger partial charge in [-0.15, -0.1) is 0 Å². The largest absolute Gasteiger partial charge is 0.384 e. The van der Waals surface area contributed by atoms with Crippen molar-refractivity contribution in [1.82, 2.24) is 9.97 Å². The van der Waals surface area contributed by atoms with Crippen LogP contribution in [0.25, 0.3) is 0 Å². The third kappa shape index (κ3) is 4.12. The van der Waals surface area contributed by atoms with Crippen LogP contribution in [-0.2, 0) is 4.74 Å². The molecule has 15 heavy (non-hydrogen) atoms. The van der Waals surface area contributed by atoms with E-state index in [4.69, 9.17) is 10.5 Å². The second-order valence-corrected chi connectivity index (χ2v) is 3.62. The van der Waals surface area contributed by atoms with Gasteiger partial charge in [0.05, 0.1) is 12.7 Å². The second kappa shape index (κ2) is 5.50. The molecule has 2 N–H and O–H groups in total. The Morgan fingerprint density at radius 3 is 2.87 bits per heavy atom. The highest BCUT2D eigenvalue weighted by Crippen LogP contribution is 2.05. The van der Waals surface area contributed by atoms with Crippen LogP contribution in [0.5, 0.6) is 0 Å². The molecular formula is C10H18N4O. The molecule has 0 fully saturated rings. The second-order valence-electron chi connectivity index (χ2n) is 3.62. The van der Waals surface area contributed by atoms with Crippen LogP contribution in [0.1, 0.15) is 13.8 Å². The molecule has 0 radical (unpaired) electrons. The summed E-state index contributed by atoms with van der Waals surface area (Å²) in [5.74, 6) is 1.11. The van der Waals surface area contributed by atoms with Crippen molar-refractivity contribution in [3.05, 3.63) is 12.3 Å². The summed E-state index contributed by atoms with van der Waals surface area (Å²) in [7, 11) is 1.92. The quantitative estimate of drug-likeness (QED) is 0.783. The fraction of sp³-hybridized carbons (Fsp3) is 0.600. The van der Waals surface area contributed by atoms with Crippen LogP contribution in [0.3, 0.4) is 0 Å². The highest BCUT2D eigenvalue weighted by atomic mass is 16.5. The van der Waals surface area contributed by atoms with Gasteiger partial charge in [-0.3, -0.25) is 0 Å². The SMILES string of the molecule is CC(C)OCCN(C)c1nccc(N)n1. The van der Waals surface area contributed by atoms with Gasteiger partial charge in [0.15, 0.2) is 0 Å². The zero-order valence-corrected chi connectivity index (χ0v) is 9.47. The van der Waals surface area contributed by atoms with Gasteiger partial charge in [0, 0.05) is 19.8 Å². The van der Waals surface area contributed by atoms with Gasteiger partial charge in [-0.1, -0.05) is 0 Å². The lowest BCUT2D eigenvalue weighted by atomic mass is 10.5. The monoisotopic (exact) mass is 210 g/mol. The van der Waals surface area contributed by atoms with E-state index in [0.29, 0.717) is 18.4 Å². The van der Waals surface area contributed by atoms with Gasteiger partial charge in [0.1, 0.15) is 5.82 Å². The van der Waals surface area contributed by atoms with E-state index in [9.17, 15) is 0 Å². The highest BCUT2D eigenvalue weighted by Gasteiger charge is 2.04. The van der Waals surface area contributed by atoms with Gasteiger partial charge in [-0.25, -0.2) is 4.98 Å². The van der Waals surface area contributed by atoms with Crippen LogP contribution in [0.15, 0.2) is 12.3 Å². The first-order chi connectivity index (χ1) is 7.09. The summed E-state index contributed by atoms with van der Waals surface area (Å²) in [6, 6.07) is 1.67. The maximum atomic E-state index is 5.56. The minimum Gasteiger partial charge on any atom is -0.384 e. The van der Waals surface area contributed by atoms with Gasteiger partial charge in [0.25, 0.3) is 0 Å². The van der Waals surface area contributed by atoms with E-state index in [1.165, 1.54) is 0 Å². The lowest BCUT2D eigenvalue weighted by Crippen LogP contribution is -2.25. The Morgan fingerprint density at radius 1 is 1.53 bits per heavy atom. The van der Waals surface area contributed by atoms with Crippen molar-refractivity contribution in [3.8, 4) is 0 Å². The molecule has 0 spiro atoms. The molecule has 0 unspecified atom stereocenters. The molecule has 0 aliphatic rings. The Balaban J connectivity index is 2.43. The van der Waals surface area contributed by atoms with E-state index < -0.39 is 0 Å². The summed E-state index contributed by atoms with van der Waals surface area (Å²) in [5.41, 5.74) is 5.56. The molecule has 0 atom stereocenters. The summed E-state index contributed by atoms with van der Waals surface area (Å²) in [6.45, 7) is 5.43. The molecule has 0 saturated heterocycles. The Hall–Kier alpha value is -1.36. The summed E-state index contributed by atoms with van der Waals surface area (Å²) in [6.07, 6.45) is 1.90. The van der Waals surface area contributed by atoms with Crippen LogP contribution >= 0.6 is 0 Å². The number of hydrogen-bond acceptors (Lipinski definition) is 5. The van der Waals surface area contributed by atoms with Crippen LogP contribution in [0.2, 0.25) is 0 Å². The number of rotatable bonds is 5. The lowest BCUT2D eigenvalue weighted by molar-refractivity contribution is 0.0844. The first kappa shape index (κ1) is 11.7. The Bertz CT molecular complexity index is 303. The maximum Gasteiger partial charge on any atom is 0.227 e. The average molecular weight is 210 g/mol. The molecule has 1 heterocycles. The minimum absolute atomic E-state index is 0.250. The van der Waals surface area contributed by atoms with Crippen molar-refractivity contribution in [3.63, 3.8) is 0 Å². The van der Waals surface area contributed by atoms with Crippen molar-refractivity contribution < 1.29 is 4.74 Å². The molecule has 1 aromatic rings. The Kier molecular flexibility index (Phi) is 4.30. The fourth-order valence-corrected chi connectivity index (χ4v) is 1.07. The molecule has 0 aromatic carbocycles. The molecule has 0 aliphatic heterocycles. The van der Waals surface area contributed by atoms with E-state index >= 15 is 0 Å². The zero-order chi connectivity index (χ0) is 11.3. The normalized spacial score (nSPS) is 10.7. The molecule has 0 bridgehead atoms. The van der Waals surface area contributed by atoms with Gasteiger partial charge in [-0.05, 0) is 19.9 Å². The van der Waals surface area contributed by atoms with Crippen LogP contribution in [0.4, 0.5) is 11.8 Å². The average Bonchev–Trinajstić information content (AvgIpc) is 2.17. The first-order valence-corrected chi connectivity index (χ1v) is 5.01. The summed E-state index contributed by atoms with van der Waals surface area (Å²) >= 11 is 0. The predicted octanol–water partition coefficient (Wildman–Crippen LogP) is 0.920. The van der Waals surface area contributed by atoms with E-state index in [1.54, 1.807) is 12.3 Å². The Labute approximate surface area is 90.3 Å². The van der Waals surface area contributed by atoms with Crippen molar-refractivity contribution in [1.29, 1.82) is 0 Å². The number of hydrogen-bond donors (Lipinski definition) is 1. The molecule has 5 nitrogen and oxygen atoms in total. The van der Waals surface area contributed by atoms with Crippen molar-refractivity contribution in [2.75, 3.05) is 30.8 Å². The van der Waals surface area contributed by atoms with Crippen LogP contribution in [-0.4, -0.2) is 36.3 Å². The van der Waals surface area contributed by atoms with Crippen molar-refractivity contribution in [2.45, 2.75) is 20.0 Å². The predicted molar refractivity (Wildman–Crippen MR) is 60.8 cm³/mol. The number of anilines is 2. The molecule has 5 heteroatoms. The smallest absolute Gasteiger partial charge is 0.227 e. The molecule has 0 saturated carbocycles. The van der Waals surface area contributed by atoms with E-state index in [2.05, 4.69) is 9.97 Å². The van der Waals surface area contributed by atoms with Gasteiger partial charge >= 0.3 is 0 Å². The number of nitrogen functional groups attached to an aromatic ring is 1. The molecule has 1 rings (SSSR count). The van der Waals surface area contributed by atoms with Crippen LogP contribution < -0.4 is 10.6 Å². The number of likely N-dealkylation sites (N-methyl/N-ethyl adjacent to an activating group) is 1. The minimum atomic E-state index is 0.250. The third-order valence-corrected chi connectivity index (χ3v) is 1.88. The van der Waals surface area contributed by atoms with Crippen molar-refractivity contribution in [2.24, 2.45) is 0 Å². The highest BCUT2D eigenvalue weighted by molar-refractivity contribution is 5.36. The summed E-state index contributed by atoms with van der Waals surface area (Å²) in [5, 5.41) is 0. The number of ether oxygens (including phenoxy) is 1. The van der Waals surface area contributed by atoms with E-state index in [1.807, 2.05) is 25.8 Å². The summed E-state index contributed by atoms with van der Waals surface area (Å²) in [4.78, 5) is 10.1. The first-order valence-electron chi connectivity index (χ1n) is 5.01. The molecule has 1 aromatic heterocycles. The molecule has 84 valence electrons. The van der Waals surface area contributed by atoms with Crippen LogP contribution in [0, 0.1) is 0 Å². The van der Waals surface area contributed by atoms with Gasteiger partial charge in [-0.2, -0.15) is 4.98 Å². The lowest BCUT2D eigenvalue weighted by Gasteiger charge is -2.17. The molecular weight excluding hydrogens is 192 g/mol. The standard InChI is InChI=1S/C10H18N4O/c1-8(2)15-7-6-14(3)10-12-5-4-9(11)13-10/h4-5,8H,6-7H2,1-3H3,(H2,11,12,13). The maximum absolute atomic E-state index is 5.56. The topological polar surface area (TPSA) is 64.3 Å². The number of aromatic nitrogens is 2. The third-order valence-electron chi connectivity index (χ3n) is 1.88. The Morgan fingerprint density at radius 2 is 2.27 bits per heavy atom.